The van der Waals surface area contributed by atoms with Gasteiger partial charge in [0.2, 0.25) is 0 Å². The third-order valence-electron chi connectivity index (χ3n) is 1.29. The Morgan fingerprint density at radius 1 is 1.55 bits per heavy atom. The van der Waals surface area contributed by atoms with E-state index in [1.54, 1.807) is 19.1 Å². The molecule has 0 saturated carbocycles. The molecule has 3 heteroatoms. The fourth-order valence-corrected chi connectivity index (χ4v) is 0.822. The van der Waals surface area contributed by atoms with Gasteiger partial charge in [-0.3, -0.25) is 0 Å². The van der Waals surface area contributed by atoms with Gasteiger partial charge in [-0.05, 0) is 19.1 Å². The Morgan fingerprint density at radius 3 is 2.82 bits per heavy atom. The van der Waals surface area contributed by atoms with Crippen LogP contribution in [0.15, 0.2) is 18.2 Å². The van der Waals surface area contributed by atoms with E-state index in [0.29, 0.717) is 12.3 Å². The first-order chi connectivity index (χ1) is 5.25. The number of nitrogen functional groups attached to an aromatic ring is 1. The summed E-state index contributed by atoms with van der Waals surface area (Å²) < 4.78 is 17.8. The number of para-hydroxylation sites is 1. The molecular weight excluding hydrogens is 145 g/mol. The number of halogens is 1. The Kier molecular flexibility index (Phi) is 2.31. The monoisotopic (exact) mass is 155 g/mol. The van der Waals surface area contributed by atoms with E-state index in [-0.39, 0.29) is 5.75 Å². The van der Waals surface area contributed by atoms with E-state index in [1.165, 1.54) is 6.07 Å². The molecule has 2 N–H and O–H groups in total. The molecule has 0 fully saturated rings. The molecule has 0 aliphatic heterocycles. The Balaban J connectivity index is 3.00. The summed E-state index contributed by atoms with van der Waals surface area (Å²) in [4.78, 5) is 0. The lowest BCUT2D eigenvalue weighted by Gasteiger charge is -2.06. The Hall–Kier alpha value is -1.25. The van der Waals surface area contributed by atoms with Crippen LogP contribution in [0.25, 0.3) is 0 Å². The quantitative estimate of drug-likeness (QED) is 0.661. The van der Waals surface area contributed by atoms with Crippen LogP contribution in [0.2, 0.25) is 0 Å². The van der Waals surface area contributed by atoms with E-state index in [4.69, 9.17) is 10.5 Å². The average Bonchev–Trinajstić information content (AvgIpc) is 1.97. The summed E-state index contributed by atoms with van der Waals surface area (Å²) in [5.74, 6) is -0.262. The second-order valence-electron chi connectivity index (χ2n) is 2.09. The lowest BCUT2D eigenvalue weighted by molar-refractivity contribution is 0.323. The number of benzene rings is 1. The summed E-state index contributed by atoms with van der Waals surface area (Å²) in [6.45, 7) is 2.21. The first kappa shape index (κ1) is 7.85. The predicted molar refractivity (Wildman–Crippen MR) is 42.0 cm³/mol. The topological polar surface area (TPSA) is 35.2 Å². The van der Waals surface area contributed by atoms with Crippen LogP contribution < -0.4 is 10.5 Å². The normalized spacial score (nSPS) is 9.64. The van der Waals surface area contributed by atoms with Crippen molar-refractivity contribution in [2.75, 3.05) is 12.3 Å². The number of hydrogen-bond donors (Lipinski definition) is 1. The van der Waals surface area contributed by atoms with Gasteiger partial charge in [0.05, 0.1) is 12.3 Å². The summed E-state index contributed by atoms with van der Waals surface area (Å²) in [7, 11) is 0. The molecule has 60 valence electrons. The number of ether oxygens (including phenoxy) is 1. The summed E-state index contributed by atoms with van der Waals surface area (Å²) >= 11 is 0. The highest BCUT2D eigenvalue weighted by molar-refractivity contribution is 5.52. The number of hydrogen-bond acceptors (Lipinski definition) is 2. The SMILES string of the molecule is CCOc1c(N)cccc1F. The van der Waals surface area contributed by atoms with Crippen molar-refractivity contribution < 1.29 is 9.13 Å². The maximum absolute atomic E-state index is 12.8. The van der Waals surface area contributed by atoms with Crippen molar-refractivity contribution >= 4 is 5.69 Å². The van der Waals surface area contributed by atoms with Gasteiger partial charge in [-0.1, -0.05) is 6.07 Å². The number of anilines is 1. The average molecular weight is 155 g/mol. The van der Waals surface area contributed by atoms with E-state index in [0.717, 1.165) is 0 Å². The minimum Gasteiger partial charge on any atom is -0.489 e. The summed E-state index contributed by atoms with van der Waals surface area (Å²) in [5, 5.41) is 0. The first-order valence-electron chi connectivity index (χ1n) is 3.42. The molecule has 0 bridgehead atoms. The molecule has 0 aliphatic rings. The van der Waals surface area contributed by atoms with Crippen molar-refractivity contribution in [2.24, 2.45) is 0 Å². The van der Waals surface area contributed by atoms with Crippen molar-refractivity contribution in [2.45, 2.75) is 6.92 Å². The van der Waals surface area contributed by atoms with Crippen LogP contribution in [0.4, 0.5) is 10.1 Å². The minimum absolute atomic E-state index is 0.148. The van der Waals surface area contributed by atoms with Crippen molar-refractivity contribution in [3.05, 3.63) is 24.0 Å². The smallest absolute Gasteiger partial charge is 0.177 e. The highest BCUT2D eigenvalue weighted by Gasteiger charge is 2.04. The molecule has 0 radical (unpaired) electrons. The zero-order chi connectivity index (χ0) is 8.27. The third-order valence-corrected chi connectivity index (χ3v) is 1.29. The third kappa shape index (κ3) is 1.61. The molecule has 0 aromatic heterocycles. The fraction of sp³-hybridized carbons (Fsp3) is 0.250. The molecule has 0 atom stereocenters. The lowest BCUT2D eigenvalue weighted by atomic mass is 10.3. The molecule has 0 heterocycles. The maximum atomic E-state index is 12.8. The molecule has 0 spiro atoms. The fourth-order valence-electron chi connectivity index (χ4n) is 0.822. The molecule has 2 nitrogen and oxygen atoms in total. The van der Waals surface area contributed by atoms with E-state index < -0.39 is 5.82 Å². The van der Waals surface area contributed by atoms with Crippen LogP contribution in [-0.4, -0.2) is 6.61 Å². The number of rotatable bonds is 2. The van der Waals surface area contributed by atoms with Crippen molar-refractivity contribution in [1.82, 2.24) is 0 Å². The first-order valence-corrected chi connectivity index (χ1v) is 3.42. The molecule has 1 aromatic rings. The van der Waals surface area contributed by atoms with Crippen LogP contribution in [0, 0.1) is 5.82 Å². The van der Waals surface area contributed by atoms with Gasteiger partial charge in [0.15, 0.2) is 11.6 Å². The summed E-state index contributed by atoms with van der Waals surface area (Å²) in [6, 6.07) is 4.47. The summed E-state index contributed by atoms with van der Waals surface area (Å²) in [5.41, 5.74) is 5.78. The van der Waals surface area contributed by atoms with Gasteiger partial charge >= 0.3 is 0 Å². The lowest BCUT2D eigenvalue weighted by Crippen LogP contribution is -1.98. The predicted octanol–water partition coefficient (Wildman–Crippen LogP) is 1.81. The van der Waals surface area contributed by atoms with E-state index in [2.05, 4.69) is 0 Å². The standard InChI is InChI=1S/C8H10FNO/c1-2-11-8-6(9)4-3-5-7(8)10/h3-5H,2,10H2,1H3. The molecule has 1 rings (SSSR count). The van der Waals surface area contributed by atoms with Crippen LogP contribution in [0.1, 0.15) is 6.92 Å². The zero-order valence-electron chi connectivity index (χ0n) is 6.30. The molecule has 0 unspecified atom stereocenters. The largest absolute Gasteiger partial charge is 0.489 e. The van der Waals surface area contributed by atoms with Crippen molar-refractivity contribution in [3.63, 3.8) is 0 Å². The van der Waals surface area contributed by atoms with E-state index >= 15 is 0 Å². The van der Waals surface area contributed by atoms with E-state index in [1.807, 2.05) is 0 Å². The van der Waals surface area contributed by atoms with Gasteiger partial charge in [-0.25, -0.2) is 4.39 Å². The van der Waals surface area contributed by atoms with Gasteiger partial charge < -0.3 is 10.5 Å². The molecule has 1 aromatic carbocycles. The van der Waals surface area contributed by atoms with Gasteiger partial charge in [-0.15, -0.1) is 0 Å². The highest BCUT2D eigenvalue weighted by atomic mass is 19.1. The van der Waals surface area contributed by atoms with Crippen LogP contribution >= 0.6 is 0 Å². The number of nitrogens with two attached hydrogens (primary N) is 1. The van der Waals surface area contributed by atoms with Crippen LogP contribution in [0.3, 0.4) is 0 Å². The second-order valence-corrected chi connectivity index (χ2v) is 2.09. The highest BCUT2D eigenvalue weighted by Crippen LogP contribution is 2.24. The van der Waals surface area contributed by atoms with Crippen LogP contribution in [-0.2, 0) is 0 Å². The van der Waals surface area contributed by atoms with Crippen molar-refractivity contribution in [1.29, 1.82) is 0 Å². The maximum Gasteiger partial charge on any atom is 0.177 e. The van der Waals surface area contributed by atoms with Gasteiger partial charge in [0.1, 0.15) is 0 Å². The Bertz CT molecular complexity index is 230. The minimum atomic E-state index is -0.410. The van der Waals surface area contributed by atoms with Gasteiger partial charge in [0.25, 0.3) is 0 Å². The van der Waals surface area contributed by atoms with Gasteiger partial charge in [0, 0.05) is 0 Å². The molecule has 0 amide bonds. The van der Waals surface area contributed by atoms with E-state index in [9.17, 15) is 4.39 Å². The molecule has 0 aliphatic carbocycles. The van der Waals surface area contributed by atoms with Crippen molar-refractivity contribution in [3.8, 4) is 5.75 Å². The second kappa shape index (κ2) is 3.23. The molecule has 11 heavy (non-hydrogen) atoms. The Morgan fingerprint density at radius 2 is 2.27 bits per heavy atom. The summed E-state index contributed by atoms with van der Waals surface area (Å²) in [6.07, 6.45) is 0. The van der Waals surface area contributed by atoms with Gasteiger partial charge in [-0.2, -0.15) is 0 Å². The Labute approximate surface area is 64.8 Å². The zero-order valence-corrected chi connectivity index (χ0v) is 6.30. The molecular formula is C8H10FNO. The van der Waals surface area contributed by atoms with Crippen LogP contribution in [0.5, 0.6) is 5.75 Å². The molecule has 0 saturated heterocycles.